The quantitative estimate of drug-likeness (QED) is 0.609. The molecule has 3 rings (SSSR count). The summed E-state index contributed by atoms with van der Waals surface area (Å²) in [5, 5.41) is 12.8. The molecule has 0 saturated heterocycles. The number of nitrogens with one attached hydrogen (secondary N) is 2. The van der Waals surface area contributed by atoms with Crippen molar-refractivity contribution in [2.24, 2.45) is 0 Å². The number of carbonyl (C=O) groups is 2. The van der Waals surface area contributed by atoms with Crippen LogP contribution in [-0.4, -0.2) is 29.8 Å². The second kappa shape index (κ2) is 8.29. The van der Waals surface area contributed by atoms with E-state index in [0.717, 1.165) is 10.9 Å². The predicted molar refractivity (Wildman–Crippen MR) is 114 cm³/mol. The molecule has 7 nitrogen and oxygen atoms in total. The number of benzene rings is 2. The van der Waals surface area contributed by atoms with Gasteiger partial charge in [-0.25, -0.2) is 4.79 Å². The molecule has 0 aliphatic carbocycles. The molecule has 1 amide bonds. The number of ether oxygens (including phenoxy) is 2. The summed E-state index contributed by atoms with van der Waals surface area (Å²) in [4.78, 5) is 27.7. The van der Waals surface area contributed by atoms with Crippen LogP contribution in [0.2, 0.25) is 0 Å². The molecule has 2 N–H and O–H groups in total. The Balaban J connectivity index is 2.12. The van der Waals surface area contributed by atoms with Crippen LogP contribution < -0.4 is 5.32 Å². The van der Waals surface area contributed by atoms with Crippen molar-refractivity contribution in [3.05, 3.63) is 53.6 Å². The number of carbonyl (C=O) groups excluding carboxylic acids is 2. The van der Waals surface area contributed by atoms with Crippen LogP contribution in [0.3, 0.4) is 0 Å². The number of hydrogen-bond donors (Lipinski definition) is 2. The molecule has 0 aliphatic heterocycles. The van der Waals surface area contributed by atoms with E-state index in [4.69, 9.17) is 9.47 Å². The number of para-hydroxylation sites is 1. The molecule has 0 aliphatic rings. The van der Waals surface area contributed by atoms with Crippen LogP contribution in [0.15, 0.2) is 42.5 Å². The Hall–Kier alpha value is -3.79. The molecule has 0 fully saturated rings. The summed E-state index contributed by atoms with van der Waals surface area (Å²) in [7, 11) is 1.33. The lowest BCUT2D eigenvalue weighted by Gasteiger charge is -2.20. The molecule has 1 aromatic heterocycles. The third kappa shape index (κ3) is 4.61. The zero-order valence-corrected chi connectivity index (χ0v) is 17.3. The molecule has 7 heteroatoms. The Labute approximate surface area is 174 Å². The summed E-state index contributed by atoms with van der Waals surface area (Å²) in [6, 6.07) is 14.6. The zero-order valence-electron chi connectivity index (χ0n) is 17.3. The van der Waals surface area contributed by atoms with Crippen LogP contribution in [0.1, 0.15) is 31.9 Å². The maximum Gasteiger partial charge on any atom is 0.412 e. The van der Waals surface area contributed by atoms with Crippen LogP contribution >= 0.6 is 0 Å². The predicted octanol–water partition coefficient (Wildman–Crippen LogP) is 4.77. The van der Waals surface area contributed by atoms with Gasteiger partial charge in [-0.05, 0) is 50.6 Å². The van der Waals surface area contributed by atoms with Gasteiger partial charge in [-0.1, -0.05) is 18.2 Å². The zero-order chi connectivity index (χ0) is 21.9. The van der Waals surface area contributed by atoms with E-state index in [9.17, 15) is 14.9 Å². The highest BCUT2D eigenvalue weighted by atomic mass is 16.6. The molecule has 0 atom stereocenters. The second-order valence-corrected chi connectivity index (χ2v) is 7.78. The van der Waals surface area contributed by atoms with Gasteiger partial charge in [-0.15, -0.1) is 0 Å². The number of aromatic nitrogens is 1. The summed E-state index contributed by atoms with van der Waals surface area (Å²) in [6.45, 7) is 5.37. The van der Waals surface area contributed by atoms with E-state index in [1.54, 1.807) is 51.1 Å². The van der Waals surface area contributed by atoms with Gasteiger partial charge in [-0.3, -0.25) is 10.1 Å². The van der Waals surface area contributed by atoms with E-state index < -0.39 is 17.7 Å². The number of anilines is 1. The minimum Gasteiger partial charge on any atom is -0.469 e. The Morgan fingerprint density at radius 2 is 1.90 bits per heavy atom. The van der Waals surface area contributed by atoms with Gasteiger partial charge in [0.1, 0.15) is 5.60 Å². The summed E-state index contributed by atoms with van der Waals surface area (Å²) in [5.41, 5.74) is 3.20. The minimum absolute atomic E-state index is 0.0154. The molecule has 0 bridgehead atoms. The first-order valence-corrected chi connectivity index (χ1v) is 9.42. The molecule has 3 aromatic rings. The number of nitriles is 1. The Morgan fingerprint density at radius 3 is 2.57 bits per heavy atom. The fourth-order valence-electron chi connectivity index (χ4n) is 3.17. The van der Waals surface area contributed by atoms with Crippen LogP contribution in [0.25, 0.3) is 22.2 Å². The highest BCUT2D eigenvalue weighted by molar-refractivity contribution is 5.99. The Kier molecular flexibility index (Phi) is 5.79. The maximum atomic E-state index is 12.3. The van der Waals surface area contributed by atoms with E-state index in [1.165, 1.54) is 7.11 Å². The molecular formula is C23H23N3O4. The van der Waals surface area contributed by atoms with Crippen molar-refractivity contribution < 1.29 is 19.1 Å². The standard InChI is InChI=1S/C23H23N3O4/c1-23(2,3)30-22(28)26-18-8-6-5-7-15(18)21-17(12-20(27)29-4)16-11-14(13-24)9-10-19(16)25-21/h5-11,25H,12H2,1-4H3,(H,26,28). The summed E-state index contributed by atoms with van der Waals surface area (Å²) < 4.78 is 10.2. The molecule has 0 spiro atoms. The van der Waals surface area contributed by atoms with Gasteiger partial charge in [0.25, 0.3) is 0 Å². The van der Waals surface area contributed by atoms with Gasteiger partial charge >= 0.3 is 12.1 Å². The van der Waals surface area contributed by atoms with Crippen molar-refractivity contribution in [3.63, 3.8) is 0 Å². The molecule has 154 valence electrons. The van der Waals surface area contributed by atoms with E-state index in [2.05, 4.69) is 16.4 Å². The summed E-state index contributed by atoms with van der Waals surface area (Å²) in [6.07, 6.45) is -0.561. The molecule has 30 heavy (non-hydrogen) atoms. The fraction of sp³-hybridized carbons (Fsp3) is 0.261. The third-order valence-corrected chi connectivity index (χ3v) is 4.42. The largest absolute Gasteiger partial charge is 0.469 e. The first kappa shape index (κ1) is 20.9. The summed E-state index contributed by atoms with van der Waals surface area (Å²) in [5.74, 6) is -0.405. The number of hydrogen-bond acceptors (Lipinski definition) is 5. The van der Waals surface area contributed by atoms with Crippen molar-refractivity contribution >= 4 is 28.7 Å². The van der Waals surface area contributed by atoms with Crippen LogP contribution in [0.4, 0.5) is 10.5 Å². The van der Waals surface area contributed by atoms with E-state index >= 15 is 0 Å². The van der Waals surface area contributed by atoms with Gasteiger partial charge in [0.15, 0.2) is 0 Å². The van der Waals surface area contributed by atoms with Crippen LogP contribution in [-0.2, 0) is 20.7 Å². The van der Waals surface area contributed by atoms with Gasteiger partial charge in [0.05, 0.1) is 36.5 Å². The number of H-pyrrole nitrogens is 1. The SMILES string of the molecule is COC(=O)Cc1c(-c2ccccc2NC(=O)OC(C)(C)C)[nH]c2ccc(C#N)cc12. The number of fused-ring (bicyclic) bond motifs is 1. The third-order valence-electron chi connectivity index (χ3n) is 4.42. The topological polar surface area (TPSA) is 104 Å². The van der Waals surface area contributed by atoms with Crippen LogP contribution in [0, 0.1) is 11.3 Å². The van der Waals surface area contributed by atoms with Crippen molar-refractivity contribution in [1.82, 2.24) is 4.98 Å². The highest BCUT2D eigenvalue weighted by Gasteiger charge is 2.21. The monoisotopic (exact) mass is 405 g/mol. The number of methoxy groups -OCH3 is 1. The van der Waals surface area contributed by atoms with Crippen LogP contribution in [0.5, 0.6) is 0 Å². The molecule has 0 radical (unpaired) electrons. The molecule has 1 heterocycles. The van der Waals surface area contributed by atoms with E-state index in [0.29, 0.717) is 28.1 Å². The van der Waals surface area contributed by atoms with Crippen molar-refractivity contribution in [3.8, 4) is 17.3 Å². The van der Waals surface area contributed by atoms with E-state index in [1.807, 2.05) is 12.1 Å². The smallest absolute Gasteiger partial charge is 0.412 e. The lowest BCUT2D eigenvalue weighted by atomic mass is 10.0. The van der Waals surface area contributed by atoms with Crippen molar-refractivity contribution in [2.45, 2.75) is 32.8 Å². The molecule has 0 unspecified atom stereocenters. The fourth-order valence-corrected chi connectivity index (χ4v) is 3.17. The maximum absolute atomic E-state index is 12.3. The highest BCUT2D eigenvalue weighted by Crippen LogP contribution is 2.35. The Morgan fingerprint density at radius 1 is 1.17 bits per heavy atom. The molecular weight excluding hydrogens is 382 g/mol. The van der Waals surface area contributed by atoms with Gasteiger partial charge in [0.2, 0.25) is 0 Å². The number of aromatic amines is 1. The number of amides is 1. The first-order chi connectivity index (χ1) is 14.2. The number of esters is 1. The van der Waals surface area contributed by atoms with Gasteiger partial charge < -0.3 is 14.5 Å². The normalized spacial score (nSPS) is 11.0. The summed E-state index contributed by atoms with van der Waals surface area (Å²) >= 11 is 0. The number of nitrogens with zero attached hydrogens (tertiary/aromatic N) is 1. The number of rotatable bonds is 4. The van der Waals surface area contributed by atoms with Gasteiger partial charge in [-0.2, -0.15) is 5.26 Å². The van der Waals surface area contributed by atoms with Crippen molar-refractivity contribution in [2.75, 3.05) is 12.4 Å². The lowest BCUT2D eigenvalue weighted by molar-refractivity contribution is -0.139. The van der Waals surface area contributed by atoms with E-state index in [-0.39, 0.29) is 6.42 Å². The first-order valence-electron chi connectivity index (χ1n) is 9.42. The van der Waals surface area contributed by atoms with Gasteiger partial charge in [0, 0.05) is 16.5 Å². The average Bonchev–Trinajstić information content (AvgIpc) is 3.04. The molecule has 2 aromatic carbocycles. The average molecular weight is 405 g/mol. The molecule has 0 saturated carbocycles. The lowest BCUT2D eigenvalue weighted by Crippen LogP contribution is -2.27. The minimum atomic E-state index is -0.635. The van der Waals surface area contributed by atoms with Crippen molar-refractivity contribution in [1.29, 1.82) is 5.26 Å². The second-order valence-electron chi connectivity index (χ2n) is 7.78. The Bertz CT molecular complexity index is 1150.